The molecule has 24 heavy (non-hydrogen) atoms. The van der Waals surface area contributed by atoms with E-state index in [-0.39, 0.29) is 11.9 Å². The Morgan fingerprint density at radius 3 is 2.79 bits per heavy atom. The zero-order chi connectivity index (χ0) is 17.1. The van der Waals surface area contributed by atoms with Crippen LogP contribution in [0.25, 0.3) is 10.1 Å². The summed E-state index contributed by atoms with van der Waals surface area (Å²) in [5.74, 6) is 0.868. The summed E-state index contributed by atoms with van der Waals surface area (Å²) in [6.07, 6.45) is 1.66. The summed E-state index contributed by atoms with van der Waals surface area (Å²) < 4.78 is 0.984. The third-order valence-corrected chi connectivity index (χ3v) is 6.47. The molecule has 3 nitrogen and oxygen atoms in total. The van der Waals surface area contributed by atoms with Gasteiger partial charge in [-0.25, -0.2) is 4.98 Å². The van der Waals surface area contributed by atoms with Gasteiger partial charge in [-0.3, -0.25) is 4.79 Å². The lowest BCUT2D eigenvalue weighted by Crippen LogP contribution is -2.36. The lowest BCUT2D eigenvalue weighted by atomic mass is 10.3. The van der Waals surface area contributed by atoms with Crippen molar-refractivity contribution in [1.82, 2.24) is 9.88 Å². The van der Waals surface area contributed by atoms with Gasteiger partial charge in [0.1, 0.15) is 5.15 Å². The van der Waals surface area contributed by atoms with Crippen molar-refractivity contribution in [2.75, 3.05) is 12.8 Å². The zero-order valence-corrected chi connectivity index (χ0v) is 15.8. The molecule has 0 bridgehead atoms. The molecule has 3 aromatic rings. The number of benzene rings is 1. The van der Waals surface area contributed by atoms with E-state index in [2.05, 4.69) is 24.0 Å². The quantitative estimate of drug-likeness (QED) is 0.453. The number of rotatable bonds is 5. The Bertz CT molecular complexity index is 851. The summed E-state index contributed by atoms with van der Waals surface area (Å²) in [5.41, 5.74) is 0. The van der Waals surface area contributed by atoms with Gasteiger partial charge in [0, 0.05) is 40.0 Å². The molecule has 3 rings (SSSR count). The molecule has 0 aliphatic rings. The van der Waals surface area contributed by atoms with Gasteiger partial charge in [0.2, 0.25) is 0 Å². The van der Waals surface area contributed by atoms with Crippen LogP contribution in [0.3, 0.4) is 0 Å². The van der Waals surface area contributed by atoms with Crippen molar-refractivity contribution < 1.29 is 4.79 Å². The Hall–Kier alpha value is -1.56. The predicted molar refractivity (Wildman–Crippen MR) is 103 cm³/mol. The molecule has 0 spiro atoms. The largest absolute Gasteiger partial charge is 0.337 e. The average Bonchev–Trinajstić information content (AvgIpc) is 3.05. The van der Waals surface area contributed by atoms with E-state index in [4.69, 9.17) is 11.6 Å². The van der Waals surface area contributed by atoms with Crippen LogP contribution in [0.2, 0.25) is 5.15 Å². The number of hydrogen-bond acceptors (Lipinski definition) is 4. The second-order valence-electron chi connectivity index (χ2n) is 5.51. The monoisotopic (exact) mass is 376 g/mol. The third-order valence-electron chi connectivity index (χ3n) is 3.82. The van der Waals surface area contributed by atoms with E-state index in [0.717, 1.165) is 15.8 Å². The lowest BCUT2D eigenvalue weighted by molar-refractivity contribution is 0.0762. The van der Waals surface area contributed by atoms with Crippen LogP contribution in [0.5, 0.6) is 0 Å². The first-order valence-electron chi connectivity index (χ1n) is 7.55. The number of carbonyl (C=O) groups is 1. The Labute approximate surface area is 154 Å². The van der Waals surface area contributed by atoms with Crippen LogP contribution in [0.4, 0.5) is 0 Å². The maximum atomic E-state index is 12.7. The zero-order valence-electron chi connectivity index (χ0n) is 13.4. The van der Waals surface area contributed by atoms with Gasteiger partial charge in [-0.05, 0) is 31.2 Å². The molecule has 0 radical (unpaired) electrons. The van der Waals surface area contributed by atoms with Crippen molar-refractivity contribution in [2.45, 2.75) is 17.9 Å². The number of halogens is 1. The molecule has 0 aliphatic carbocycles. The van der Waals surface area contributed by atoms with Crippen molar-refractivity contribution in [3.8, 4) is 0 Å². The van der Waals surface area contributed by atoms with Crippen LogP contribution < -0.4 is 0 Å². The number of thiophene rings is 1. The average molecular weight is 377 g/mol. The lowest BCUT2D eigenvalue weighted by Gasteiger charge is -2.24. The highest BCUT2D eigenvalue weighted by Crippen LogP contribution is 2.30. The van der Waals surface area contributed by atoms with Gasteiger partial charge in [-0.2, -0.15) is 0 Å². The van der Waals surface area contributed by atoms with Gasteiger partial charge in [-0.15, -0.1) is 23.1 Å². The molecule has 1 atom stereocenters. The van der Waals surface area contributed by atoms with Crippen molar-refractivity contribution in [3.63, 3.8) is 0 Å². The maximum absolute atomic E-state index is 12.7. The molecule has 1 unspecified atom stereocenters. The number of fused-ring (bicyclic) bond motifs is 1. The van der Waals surface area contributed by atoms with E-state index in [1.165, 1.54) is 16.2 Å². The normalized spacial score (nSPS) is 12.3. The molecule has 124 valence electrons. The number of carbonyl (C=O) groups excluding carboxylic acids is 1. The fourth-order valence-electron chi connectivity index (χ4n) is 2.25. The molecule has 0 N–H and O–H groups in total. The molecule has 0 aliphatic heterocycles. The number of amides is 1. The van der Waals surface area contributed by atoms with Gasteiger partial charge in [0.05, 0.1) is 4.88 Å². The van der Waals surface area contributed by atoms with Crippen LogP contribution in [0, 0.1) is 0 Å². The first kappa shape index (κ1) is 17.3. The van der Waals surface area contributed by atoms with Crippen LogP contribution in [0.1, 0.15) is 16.6 Å². The summed E-state index contributed by atoms with van der Waals surface area (Å²) in [6.45, 7) is 2.07. The third kappa shape index (κ3) is 3.74. The second-order valence-corrected chi connectivity index (χ2v) is 8.05. The van der Waals surface area contributed by atoms with E-state index < -0.39 is 0 Å². The minimum absolute atomic E-state index is 0.0217. The van der Waals surface area contributed by atoms with E-state index in [1.54, 1.807) is 22.9 Å². The molecule has 2 heterocycles. The number of hydrogen-bond donors (Lipinski definition) is 0. The van der Waals surface area contributed by atoms with Crippen LogP contribution in [-0.2, 0) is 0 Å². The van der Waals surface area contributed by atoms with Gasteiger partial charge in [0.15, 0.2) is 0 Å². The Kier molecular flexibility index (Phi) is 5.43. The molecular weight excluding hydrogens is 360 g/mol. The summed E-state index contributed by atoms with van der Waals surface area (Å²) in [4.78, 5) is 20.5. The molecular formula is C18H17ClN2OS2. The fraction of sp³-hybridized carbons (Fsp3) is 0.222. The van der Waals surface area contributed by atoms with Crippen molar-refractivity contribution in [2.24, 2.45) is 0 Å². The first-order chi connectivity index (χ1) is 11.6. The van der Waals surface area contributed by atoms with Crippen molar-refractivity contribution >= 4 is 50.7 Å². The van der Waals surface area contributed by atoms with E-state index >= 15 is 0 Å². The van der Waals surface area contributed by atoms with E-state index in [0.29, 0.717) is 10.0 Å². The minimum atomic E-state index is 0.0217. The molecule has 0 fully saturated rings. The highest BCUT2D eigenvalue weighted by Gasteiger charge is 2.20. The predicted octanol–water partition coefficient (Wildman–Crippen LogP) is 5.20. The SMILES string of the molecule is CC(CSc1ccccc1)N(C)C(=O)c1cc2c(Cl)nccc2s1. The first-order valence-corrected chi connectivity index (χ1v) is 9.73. The summed E-state index contributed by atoms with van der Waals surface area (Å²) in [7, 11) is 1.85. The van der Waals surface area contributed by atoms with Gasteiger partial charge in [-0.1, -0.05) is 29.8 Å². The highest BCUT2D eigenvalue weighted by atomic mass is 35.5. The van der Waals surface area contributed by atoms with Crippen LogP contribution in [0.15, 0.2) is 53.6 Å². The fourth-order valence-corrected chi connectivity index (χ4v) is 4.57. The summed E-state index contributed by atoms with van der Waals surface area (Å²) in [5, 5.41) is 1.28. The van der Waals surface area contributed by atoms with Crippen LogP contribution >= 0.6 is 34.7 Å². The Morgan fingerprint density at radius 1 is 1.33 bits per heavy atom. The van der Waals surface area contributed by atoms with Gasteiger partial charge in [0.25, 0.3) is 5.91 Å². The van der Waals surface area contributed by atoms with E-state index in [9.17, 15) is 4.79 Å². The molecule has 1 aromatic carbocycles. The molecule has 1 amide bonds. The summed E-state index contributed by atoms with van der Waals surface area (Å²) >= 11 is 9.31. The second kappa shape index (κ2) is 7.55. The topological polar surface area (TPSA) is 33.2 Å². The van der Waals surface area contributed by atoms with Gasteiger partial charge < -0.3 is 4.90 Å². The van der Waals surface area contributed by atoms with Crippen molar-refractivity contribution in [3.05, 3.63) is 58.7 Å². The van der Waals surface area contributed by atoms with Crippen LogP contribution in [-0.4, -0.2) is 34.6 Å². The van der Waals surface area contributed by atoms with Crippen molar-refractivity contribution in [1.29, 1.82) is 0 Å². The smallest absolute Gasteiger partial charge is 0.263 e. The number of pyridine rings is 1. The minimum Gasteiger partial charge on any atom is -0.337 e. The standard InChI is InChI=1S/C18H17ClN2OS2/c1-12(11-23-13-6-4-3-5-7-13)21(2)18(22)16-10-14-15(24-16)8-9-20-17(14)19/h3-10,12H,11H2,1-2H3. The maximum Gasteiger partial charge on any atom is 0.263 e. The molecule has 0 saturated heterocycles. The van der Waals surface area contributed by atoms with Gasteiger partial charge >= 0.3 is 0 Å². The molecule has 0 saturated carbocycles. The Balaban J connectivity index is 1.69. The summed E-state index contributed by atoms with van der Waals surface area (Å²) in [6, 6.07) is 14.1. The molecule has 2 aromatic heterocycles. The van der Waals surface area contributed by atoms with E-state index in [1.807, 2.05) is 37.4 Å². The molecule has 6 heteroatoms. The number of aromatic nitrogens is 1. The number of thioether (sulfide) groups is 1. The highest BCUT2D eigenvalue weighted by molar-refractivity contribution is 7.99. The Morgan fingerprint density at radius 2 is 2.08 bits per heavy atom. The number of nitrogens with zero attached hydrogens (tertiary/aromatic N) is 2.